The molecule has 5 nitrogen and oxygen atoms in total. The quantitative estimate of drug-likeness (QED) is 0.527. The number of ketones is 1. The van der Waals surface area contributed by atoms with Gasteiger partial charge in [-0.05, 0) is 35.4 Å². The molecule has 0 saturated carbocycles. The fourth-order valence-electron chi connectivity index (χ4n) is 3.66. The second-order valence-electron chi connectivity index (χ2n) is 6.71. The largest absolute Gasteiger partial charge is 0.507 e. The summed E-state index contributed by atoms with van der Waals surface area (Å²) in [6.45, 7) is 0. The molecule has 1 N–H and O–H groups in total. The number of aromatic nitrogens is 2. The van der Waals surface area contributed by atoms with Gasteiger partial charge in [-0.3, -0.25) is 4.79 Å². The van der Waals surface area contributed by atoms with E-state index < -0.39 is 0 Å². The van der Waals surface area contributed by atoms with Crippen molar-refractivity contribution < 1.29 is 14.6 Å². The first-order valence-electron chi connectivity index (χ1n) is 8.89. The van der Waals surface area contributed by atoms with Crippen LogP contribution in [0.5, 0.6) is 11.5 Å². The minimum absolute atomic E-state index is 0.0736. The second-order valence-corrected chi connectivity index (χ2v) is 6.71. The summed E-state index contributed by atoms with van der Waals surface area (Å²) < 4.78 is 7.66. The van der Waals surface area contributed by atoms with Gasteiger partial charge < -0.3 is 14.4 Å². The number of phenolic OH excluding ortho intramolecular Hbond substituents is 1. The van der Waals surface area contributed by atoms with Gasteiger partial charge in [0.25, 0.3) is 0 Å². The van der Waals surface area contributed by atoms with Crippen molar-refractivity contribution in [3.63, 3.8) is 0 Å². The highest BCUT2D eigenvalue weighted by Gasteiger charge is 2.30. The molecule has 0 spiro atoms. The van der Waals surface area contributed by atoms with E-state index in [9.17, 15) is 9.90 Å². The maximum atomic E-state index is 12.7. The molecule has 4 aromatic rings. The molecule has 1 aliphatic rings. The molecule has 0 saturated heterocycles. The van der Waals surface area contributed by atoms with E-state index in [1.54, 1.807) is 24.4 Å². The summed E-state index contributed by atoms with van der Waals surface area (Å²) >= 11 is 0. The van der Waals surface area contributed by atoms with Crippen LogP contribution in [-0.2, 0) is 7.05 Å². The number of aryl methyl sites for hydroxylation is 1. The lowest BCUT2D eigenvalue weighted by Gasteiger charge is -2.05. The SMILES string of the molecule is Cn1cc(/C=C2\Oc3cccc(O)c3C2=O)c2c(-c3ccccc3)ccnc21. The normalized spacial score (nSPS) is 14.5. The highest BCUT2D eigenvalue weighted by atomic mass is 16.5. The van der Waals surface area contributed by atoms with Crippen LogP contribution in [0.4, 0.5) is 0 Å². The summed E-state index contributed by atoms with van der Waals surface area (Å²) in [6.07, 6.45) is 5.43. The predicted molar refractivity (Wildman–Crippen MR) is 107 cm³/mol. The third-order valence-corrected chi connectivity index (χ3v) is 4.93. The fraction of sp³-hybridized carbons (Fsp3) is 0.0435. The Labute approximate surface area is 161 Å². The molecule has 0 amide bonds. The van der Waals surface area contributed by atoms with Crippen LogP contribution in [0.25, 0.3) is 28.2 Å². The van der Waals surface area contributed by atoms with Crippen LogP contribution in [0, 0.1) is 0 Å². The van der Waals surface area contributed by atoms with E-state index >= 15 is 0 Å². The van der Waals surface area contributed by atoms with Crippen molar-refractivity contribution in [1.29, 1.82) is 0 Å². The van der Waals surface area contributed by atoms with E-state index in [4.69, 9.17) is 4.74 Å². The molecule has 136 valence electrons. The van der Waals surface area contributed by atoms with Crippen molar-refractivity contribution in [2.45, 2.75) is 0 Å². The van der Waals surface area contributed by atoms with Gasteiger partial charge in [0.05, 0.1) is 0 Å². The molecular weight excluding hydrogens is 352 g/mol. The molecular formula is C23H16N2O3. The number of hydrogen-bond acceptors (Lipinski definition) is 4. The number of rotatable bonds is 2. The third-order valence-electron chi connectivity index (χ3n) is 4.93. The monoisotopic (exact) mass is 368 g/mol. The Balaban J connectivity index is 1.70. The summed E-state index contributed by atoms with van der Waals surface area (Å²) in [7, 11) is 1.92. The van der Waals surface area contributed by atoms with Crippen molar-refractivity contribution in [3.05, 3.63) is 83.9 Å². The Kier molecular flexibility index (Phi) is 3.55. The molecule has 0 radical (unpaired) electrons. The van der Waals surface area contributed by atoms with Gasteiger partial charge in [0.1, 0.15) is 22.7 Å². The molecule has 0 bridgehead atoms. The number of aromatic hydroxyl groups is 1. The van der Waals surface area contributed by atoms with Gasteiger partial charge in [-0.2, -0.15) is 0 Å². The van der Waals surface area contributed by atoms with E-state index in [-0.39, 0.29) is 22.9 Å². The standard InChI is InChI=1S/C23H16N2O3/c1-25-13-15(12-19-22(27)21-17(26)8-5-9-18(21)28-19)20-16(10-11-24-23(20)25)14-6-3-2-4-7-14/h2-13,26H,1H3/b19-12-. The Hall–Kier alpha value is -3.86. The van der Waals surface area contributed by atoms with E-state index in [0.29, 0.717) is 5.75 Å². The molecule has 5 rings (SSSR count). The van der Waals surface area contributed by atoms with Crippen molar-refractivity contribution in [3.8, 4) is 22.6 Å². The van der Waals surface area contributed by atoms with Crippen LogP contribution in [0.1, 0.15) is 15.9 Å². The lowest BCUT2D eigenvalue weighted by molar-refractivity contribution is 0.101. The number of hydrogen-bond donors (Lipinski definition) is 1. The van der Waals surface area contributed by atoms with Crippen molar-refractivity contribution in [2.24, 2.45) is 7.05 Å². The van der Waals surface area contributed by atoms with E-state index in [1.165, 1.54) is 6.07 Å². The number of ether oxygens (including phenoxy) is 1. The van der Waals surface area contributed by atoms with Crippen LogP contribution < -0.4 is 4.74 Å². The highest BCUT2D eigenvalue weighted by molar-refractivity contribution is 6.17. The minimum Gasteiger partial charge on any atom is -0.507 e. The molecule has 28 heavy (non-hydrogen) atoms. The Morgan fingerprint density at radius 2 is 1.89 bits per heavy atom. The van der Waals surface area contributed by atoms with Gasteiger partial charge in [-0.15, -0.1) is 0 Å². The maximum absolute atomic E-state index is 12.7. The third kappa shape index (κ3) is 2.41. The molecule has 3 heterocycles. The molecule has 0 atom stereocenters. The Morgan fingerprint density at radius 1 is 1.07 bits per heavy atom. The molecule has 5 heteroatoms. The molecule has 0 fully saturated rings. The summed E-state index contributed by atoms with van der Waals surface area (Å²) in [6, 6.07) is 16.8. The van der Waals surface area contributed by atoms with Gasteiger partial charge in [0.2, 0.25) is 5.78 Å². The molecule has 0 aliphatic carbocycles. The summed E-state index contributed by atoms with van der Waals surface area (Å²) in [5.41, 5.74) is 3.96. The average Bonchev–Trinajstić information content (AvgIpc) is 3.21. The number of pyridine rings is 1. The van der Waals surface area contributed by atoms with Crippen LogP contribution in [-0.4, -0.2) is 20.4 Å². The van der Waals surface area contributed by atoms with Gasteiger partial charge >= 0.3 is 0 Å². The summed E-state index contributed by atoms with van der Waals surface area (Å²) in [5.74, 6) is 0.162. The van der Waals surface area contributed by atoms with Gasteiger partial charge in [0, 0.05) is 30.4 Å². The number of nitrogens with zero attached hydrogens (tertiary/aromatic N) is 2. The maximum Gasteiger partial charge on any atom is 0.235 e. The number of phenols is 1. The van der Waals surface area contributed by atoms with Gasteiger partial charge in [0.15, 0.2) is 5.76 Å². The van der Waals surface area contributed by atoms with E-state index in [0.717, 1.165) is 27.7 Å². The predicted octanol–water partition coefficient (Wildman–Crippen LogP) is 4.56. The minimum atomic E-state index is -0.324. The smallest absolute Gasteiger partial charge is 0.235 e. The van der Waals surface area contributed by atoms with Crippen LogP contribution >= 0.6 is 0 Å². The van der Waals surface area contributed by atoms with Crippen molar-refractivity contribution >= 4 is 22.9 Å². The zero-order valence-electron chi connectivity index (χ0n) is 15.1. The first-order valence-corrected chi connectivity index (χ1v) is 8.89. The Bertz CT molecular complexity index is 1270. The zero-order chi connectivity index (χ0) is 19.3. The van der Waals surface area contributed by atoms with Crippen molar-refractivity contribution in [2.75, 3.05) is 0 Å². The number of carbonyl (C=O) groups is 1. The van der Waals surface area contributed by atoms with Crippen LogP contribution in [0.3, 0.4) is 0 Å². The summed E-state index contributed by atoms with van der Waals surface area (Å²) in [4.78, 5) is 17.2. The number of allylic oxidation sites excluding steroid dienone is 1. The van der Waals surface area contributed by atoms with Gasteiger partial charge in [-0.25, -0.2) is 4.98 Å². The molecule has 0 unspecified atom stereocenters. The van der Waals surface area contributed by atoms with Crippen LogP contribution in [0.15, 0.2) is 72.8 Å². The topological polar surface area (TPSA) is 64.3 Å². The molecule has 2 aromatic carbocycles. The Morgan fingerprint density at radius 3 is 2.68 bits per heavy atom. The van der Waals surface area contributed by atoms with E-state index in [1.807, 2.05) is 54.2 Å². The number of benzene rings is 2. The molecule has 2 aromatic heterocycles. The average molecular weight is 368 g/mol. The van der Waals surface area contributed by atoms with Gasteiger partial charge in [-0.1, -0.05) is 36.4 Å². The number of fused-ring (bicyclic) bond motifs is 2. The highest BCUT2D eigenvalue weighted by Crippen LogP contribution is 2.39. The zero-order valence-corrected chi connectivity index (χ0v) is 15.1. The number of carbonyl (C=O) groups excluding carboxylic acids is 1. The lowest BCUT2D eigenvalue weighted by atomic mass is 10.0. The lowest BCUT2D eigenvalue weighted by Crippen LogP contribution is -1.98. The first kappa shape index (κ1) is 16.3. The van der Waals surface area contributed by atoms with Crippen LogP contribution in [0.2, 0.25) is 0 Å². The van der Waals surface area contributed by atoms with E-state index in [2.05, 4.69) is 4.98 Å². The summed E-state index contributed by atoms with van der Waals surface area (Å²) in [5, 5.41) is 11.0. The fourth-order valence-corrected chi connectivity index (χ4v) is 3.66. The second kappa shape index (κ2) is 6.09. The number of Topliss-reactive ketones (excluding diaryl/α,β-unsaturated/α-hetero) is 1. The first-order chi connectivity index (χ1) is 13.6. The molecule has 1 aliphatic heterocycles. The van der Waals surface area contributed by atoms with Crippen molar-refractivity contribution in [1.82, 2.24) is 9.55 Å².